The predicted molar refractivity (Wildman–Crippen MR) is 256 cm³/mol. The number of Topliss-reactive ketones (excluding diaryl/α,β-unsaturated/α-hetero) is 2. The van der Waals surface area contributed by atoms with E-state index in [2.05, 4.69) is 0 Å². The summed E-state index contributed by atoms with van der Waals surface area (Å²) in [7, 11) is 1.58. The van der Waals surface area contributed by atoms with Gasteiger partial charge in [0.1, 0.15) is 23.9 Å². The van der Waals surface area contributed by atoms with E-state index in [9.17, 15) is 46.6 Å². The normalized spacial score (nSPS) is 23.6. The van der Waals surface area contributed by atoms with Gasteiger partial charge >= 0.3 is 23.8 Å². The molecule has 2 N–H and O–H groups in total. The summed E-state index contributed by atoms with van der Waals surface area (Å²) in [5.74, 6) is -12.1. The number of halogens is 4. The number of allylic oxidation sites excluding steroid dienone is 3. The van der Waals surface area contributed by atoms with Crippen LogP contribution in [0.25, 0.3) is 0 Å². The summed E-state index contributed by atoms with van der Waals surface area (Å²) in [6.45, 7) is 4.08. The van der Waals surface area contributed by atoms with Crippen molar-refractivity contribution in [1.29, 1.82) is 0 Å². The first kappa shape index (κ1) is 57.8. The molecule has 2 aromatic rings. The van der Waals surface area contributed by atoms with Gasteiger partial charge in [-0.25, -0.2) is 8.78 Å². The molecule has 70 heavy (non-hydrogen) atoms. The van der Waals surface area contributed by atoms with Gasteiger partial charge in [-0.3, -0.25) is 24.0 Å². The Morgan fingerprint density at radius 3 is 2.16 bits per heavy atom. The van der Waals surface area contributed by atoms with Crippen molar-refractivity contribution in [3.8, 4) is 5.75 Å². The van der Waals surface area contributed by atoms with Crippen molar-refractivity contribution >= 4 is 29.3 Å². The van der Waals surface area contributed by atoms with Gasteiger partial charge in [0.05, 0.1) is 25.9 Å². The molecular weight excluding hydrogens is 913 g/mol. The van der Waals surface area contributed by atoms with Gasteiger partial charge < -0.3 is 29.2 Å². The fourth-order valence-corrected chi connectivity index (χ4v) is 9.40. The zero-order valence-electron chi connectivity index (χ0n) is 41.1. The molecule has 0 unspecified atom stereocenters. The minimum Gasteiger partial charge on any atom is -0.497 e. The van der Waals surface area contributed by atoms with Crippen LogP contribution >= 0.6 is 0 Å². The van der Waals surface area contributed by atoms with Gasteiger partial charge in [-0.1, -0.05) is 107 Å². The number of aliphatic hydroxyl groups is 1. The number of esters is 1. The van der Waals surface area contributed by atoms with Crippen molar-refractivity contribution in [2.75, 3.05) is 7.11 Å². The van der Waals surface area contributed by atoms with Crippen LogP contribution in [0, 0.1) is 23.7 Å². The summed E-state index contributed by atoms with van der Waals surface area (Å²) in [6.07, 6.45) is 12.1. The number of carboxylic acid groups (broad SMARTS) is 1. The Morgan fingerprint density at radius 2 is 1.47 bits per heavy atom. The maximum absolute atomic E-state index is 14.4. The van der Waals surface area contributed by atoms with E-state index in [0.29, 0.717) is 63.5 Å². The third-order valence-electron chi connectivity index (χ3n) is 13.6. The number of alkyl halides is 4. The Labute approximate surface area is 410 Å². The van der Waals surface area contributed by atoms with E-state index in [-0.39, 0.29) is 81.1 Å². The lowest BCUT2D eigenvalue weighted by Gasteiger charge is -2.43. The van der Waals surface area contributed by atoms with E-state index in [1.807, 2.05) is 73.7 Å². The number of rotatable bonds is 29. The average Bonchev–Trinajstić information content (AvgIpc) is 3.82. The monoisotopic (exact) mass is 987 g/mol. The highest BCUT2D eigenvalue weighted by atomic mass is 19.3. The third-order valence-corrected chi connectivity index (χ3v) is 13.6. The smallest absolute Gasteiger partial charge is 0.309 e. The van der Waals surface area contributed by atoms with Gasteiger partial charge in [-0.05, 0) is 86.6 Å². The first-order chi connectivity index (χ1) is 33.4. The number of aliphatic carboxylic acids is 1. The fourth-order valence-electron chi connectivity index (χ4n) is 9.40. The second kappa shape index (κ2) is 29.0. The number of carbonyl (C=O) groups excluding carboxylic acids is 4. The number of unbranched alkanes of at least 4 members (excludes halogenated alkanes) is 6. The van der Waals surface area contributed by atoms with Crippen molar-refractivity contribution in [3.05, 3.63) is 90.0 Å². The summed E-state index contributed by atoms with van der Waals surface area (Å²) in [6, 6.07) is 16.8. The summed E-state index contributed by atoms with van der Waals surface area (Å²) in [5, 5.41) is 19.1. The molecule has 15 heteroatoms. The van der Waals surface area contributed by atoms with E-state index >= 15 is 0 Å². The minimum absolute atomic E-state index is 0.0336. The van der Waals surface area contributed by atoms with Crippen LogP contribution in [-0.2, 0) is 51.4 Å². The Balaban J connectivity index is 0.000000338. The molecule has 5 rings (SSSR count). The Bertz CT molecular complexity index is 2010. The van der Waals surface area contributed by atoms with Gasteiger partial charge in [-0.15, -0.1) is 0 Å². The van der Waals surface area contributed by atoms with Crippen LogP contribution in [0.2, 0.25) is 0 Å². The van der Waals surface area contributed by atoms with E-state index in [4.69, 9.17) is 24.1 Å². The maximum atomic E-state index is 14.4. The maximum Gasteiger partial charge on any atom is 0.309 e. The number of benzene rings is 2. The average molecular weight is 987 g/mol. The summed E-state index contributed by atoms with van der Waals surface area (Å²) in [4.78, 5) is 60.2. The predicted octanol–water partition coefficient (Wildman–Crippen LogP) is 11.9. The molecule has 0 aromatic heterocycles. The lowest BCUT2D eigenvalue weighted by molar-refractivity contribution is -0.356. The number of hydrogen-bond acceptors (Lipinski definition) is 10. The molecule has 2 aromatic carbocycles. The molecule has 1 aliphatic heterocycles. The van der Waals surface area contributed by atoms with Crippen LogP contribution in [-0.4, -0.2) is 76.5 Å². The minimum atomic E-state index is -3.44. The summed E-state index contributed by atoms with van der Waals surface area (Å²) < 4.78 is 79.5. The first-order valence-electron chi connectivity index (χ1n) is 25.2. The van der Waals surface area contributed by atoms with Crippen LogP contribution in [0.15, 0.2) is 78.9 Å². The number of methoxy groups -OCH3 is 1. The lowest BCUT2D eigenvalue weighted by atomic mass is 9.81. The van der Waals surface area contributed by atoms with Gasteiger partial charge in [-0.2, -0.15) is 8.78 Å². The zero-order chi connectivity index (χ0) is 51.2. The first-order valence-corrected chi connectivity index (χ1v) is 25.2. The standard InChI is InChI=1S/C35H42F2O6.C20H32F2O5/c1-3-4-22-35(36,37)33(39)21-20-30-29(31(38)23-32(30)42-24-27-16-18-28(41-2)19-17-27)14-10-5-6-11-15-34(40)43-25-26-12-8-7-9-13-26;1-2-3-11-19(21,22)20(26)12-10-15-14(16(23)13-17(15)27-20)8-6-4-5-7-9-18(24)25/h5,7-10,12-13,16-21,29-30,32H,3-4,6,11,14-15,22-25H2,1-2H3;14-15,17,26H,2-13H2,1H3,(H,24,25)/b10-5-,21-20+;/t29-,30-,32-;14-,15-,17-,20-/m11/s1. The van der Waals surface area contributed by atoms with Gasteiger partial charge in [0.15, 0.2) is 0 Å². The number of ketones is 3. The number of hydrogen-bond donors (Lipinski definition) is 2. The van der Waals surface area contributed by atoms with Crippen LogP contribution in [0.4, 0.5) is 17.6 Å². The molecule has 0 spiro atoms. The number of ether oxygens (including phenoxy) is 4. The van der Waals surface area contributed by atoms with Crippen LogP contribution in [0.5, 0.6) is 5.75 Å². The van der Waals surface area contributed by atoms with Gasteiger partial charge in [0.2, 0.25) is 11.6 Å². The number of fused-ring (bicyclic) bond motifs is 1. The van der Waals surface area contributed by atoms with Crippen LogP contribution < -0.4 is 4.74 Å². The quantitative estimate of drug-likeness (QED) is 0.0262. The second-order valence-electron chi connectivity index (χ2n) is 18.9. The van der Waals surface area contributed by atoms with Crippen molar-refractivity contribution < 1.29 is 70.7 Å². The molecule has 3 aliphatic rings. The van der Waals surface area contributed by atoms with Crippen LogP contribution in [0.3, 0.4) is 0 Å². The molecule has 388 valence electrons. The van der Waals surface area contributed by atoms with Crippen molar-refractivity contribution in [1.82, 2.24) is 0 Å². The summed E-state index contributed by atoms with van der Waals surface area (Å²) in [5.41, 5.74) is 1.81. The van der Waals surface area contributed by atoms with E-state index in [1.54, 1.807) is 14.0 Å². The lowest BCUT2D eigenvalue weighted by Crippen LogP contribution is -2.55. The molecule has 11 nitrogen and oxygen atoms in total. The Morgan fingerprint density at radius 1 is 0.800 bits per heavy atom. The molecular formula is C55H74F4O11. The second-order valence-corrected chi connectivity index (χ2v) is 18.9. The number of carbonyl (C=O) groups is 5. The van der Waals surface area contributed by atoms with Gasteiger partial charge in [0, 0.05) is 62.7 Å². The third kappa shape index (κ3) is 18.1. The van der Waals surface area contributed by atoms with E-state index in [0.717, 1.165) is 36.5 Å². The molecule has 2 aliphatic carbocycles. The van der Waals surface area contributed by atoms with Crippen molar-refractivity contribution in [2.45, 2.75) is 185 Å². The van der Waals surface area contributed by atoms with E-state index in [1.165, 1.54) is 6.08 Å². The number of carboxylic acids is 1. The topological polar surface area (TPSA) is 163 Å². The molecule has 3 fully saturated rings. The summed E-state index contributed by atoms with van der Waals surface area (Å²) >= 11 is 0. The van der Waals surface area contributed by atoms with Gasteiger partial charge in [0.25, 0.3) is 0 Å². The largest absolute Gasteiger partial charge is 0.497 e. The van der Waals surface area contributed by atoms with Crippen molar-refractivity contribution in [3.63, 3.8) is 0 Å². The molecule has 7 atom stereocenters. The molecule has 1 heterocycles. The molecule has 0 radical (unpaired) electrons. The van der Waals surface area contributed by atoms with Crippen molar-refractivity contribution in [2.24, 2.45) is 23.7 Å². The van der Waals surface area contributed by atoms with Crippen LogP contribution in [0.1, 0.15) is 153 Å². The highest BCUT2D eigenvalue weighted by Gasteiger charge is 2.60. The molecule has 0 bridgehead atoms. The zero-order valence-corrected chi connectivity index (χ0v) is 41.1. The fraction of sp³-hybridized carbons (Fsp3) is 0.618. The molecule has 0 amide bonds. The highest BCUT2D eigenvalue weighted by molar-refractivity contribution is 5.96. The Kier molecular flexibility index (Phi) is 23.9. The van der Waals surface area contributed by atoms with E-state index < -0.39 is 66.3 Å². The molecule has 1 saturated heterocycles. The SMILES string of the molecule is CCCCC(F)(F)C(=O)/C=C/[C@H]1[C@H](OCc2ccc(OC)cc2)CC(=O)[C@@H]1C/C=C\CCCC(=O)OCc1ccccc1.CCCCC(F)(F)[C@@]1(O)CC[C@H]2[C@@H](CC(=O)[C@@H]2CCCCCCC(=O)O)O1. The Hall–Kier alpha value is -4.73. The molecule has 2 saturated carbocycles. The highest BCUT2D eigenvalue weighted by Crippen LogP contribution is 2.49.